The standard InChI is InChI=1S/C13H18BrN3S/c1-9(2)10-3-4-16(8-10)12-11(7-14)17-5-6-18-13(17)15-12/h5-6,9-10H,3-4,7-8H2,1-2H3. The first kappa shape index (κ1) is 12.5. The van der Waals surface area contributed by atoms with Crippen LogP contribution in [0.15, 0.2) is 11.6 Å². The summed E-state index contributed by atoms with van der Waals surface area (Å²) in [7, 11) is 0. The van der Waals surface area contributed by atoms with Crippen LogP contribution < -0.4 is 4.90 Å². The zero-order chi connectivity index (χ0) is 12.7. The monoisotopic (exact) mass is 327 g/mol. The average Bonchev–Trinajstić information content (AvgIpc) is 3.02. The van der Waals surface area contributed by atoms with Gasteiger partial charge >= 0.3 is 0 Å². The lowest BCUT2D eigenvalue weighted by Crippen LogP contribution is -2.22. The van der Waals surface area contributed by atoms with Gasteiger partial charge in [-0.3, -0.25) is 4.40 Å². The maximum absolute atomic E-state index is 4.80. The number of anilines is 1. The summed E-state index contributed by atoms with van der Waals surface area (Å²) < 4.78 is 2.21. The molecule has 98 valence electrons. The number of nitrogens with zero attached hydrogens (tertiary/aromatic N) is 3. The number of hydrogen-bond donors (Lipinski definition) is 0. The van der Waals surface area contributed by atoms with Crippen LogP contribution in [0.5, 0.6) is 0 Å². The number of imidazole rings is 1. The van der Waals surface area contributed by atoms with Gasteiger partial charge in [0.05, 0.1) is 5.69 Å². The Labute approximate surface area is 120 Å². The molecule has 1 saturated heterocycles. The van der Waals surface area contributed by atoms with E-state index in [9.17, 15) is 0 Å². The Morgan fingerprint density at radius 2 is 2.39 bits per heavy atom. The van der Waals surface area contributed by atoms with Crippen molar-refractivity contribution in [2.75, 3.05) is 18.0 Å². The minimum atomic E-state index is 0.770. The Bertz CT molecular complexity index is 545. The molecule has 1 aliphatic heterocycles. The highest BCUT2D eigenvalue weighted by atomic mass is 79.9. The fourth-order valence-electron chi connectivity index (χ4n) is 2.72. The van der Waals surface area contributed by atoms with Gasteiger partial charge in [-0.2, -0.15) is 0 Å². The van der Waals surface area contributed by atoms with Crippen LogP contribution in [0.25, 0.3) is 4.96 Å². The molecular formula is C13H18BrN3S. The van der Waals surface area contributed by atoms with Crippen LogP contribution in [-0.2, 0) is 5.33 Å². The molecule has 2 aromatic heterocycles. The predicted molar refractivity (Wildman–Crippen MR) is 80.9 cm³/mol. The van der Waals surface area contributed by atoms with Gasteiger partial charge < -0.3 is 4.90 Å². The molecule has 0 radical (unpaired) electrons. The molecule has 0 saturated carbocycles. The second-order valence-corrected chi connectivity index (χ2v) is 6.74. The average molecular weight is 328 g/mol. The van der Waals surface area contributed by atoms with E-state index in [0.29, 0.717) is 0 Å². The summed E-state index contributed by atoms with van der Waals surface area (Å²) in [6.07, 6.45) is 3.41. The summed E-state index contributed by atoms with van der Waals surface area (Å²) in [5, 5.41) is 2.96. The largest absolute Gasteiger partial charge is 0.355 e. The Morgan fingerprint density at radius 3 is 3.06 bits per heavy atom. The van der Waals surface area contributed by atoms with Crippen LogP contribution in [-0.4, -0.2) is 22.5 Å². The summed E-state index contributed by atoms with van der Waals surface area (Å²) >= 11 is 5.31. The molecule has 3 heterocycles. The molecule has 2 aromatic rings. The Hall–Kier alpha value is -0.550. The number of rotatable bonds is 3. The van der Waals surface area contributed by atoms with Gasteiger partial charge in [0.2, 0.25) is 0 Å². The molecule has 1 atom stereocenters. The van der Waals surface area contributed by atoms with Crippen LogP contribution in [0.1, 0.15) is 26.0 Å². The van der Waals surface area contributed by atoms with Gasteiger partial charge in [0.25, 0.3) is 0 Å². The van der Waals surface area contributed by atoms with Crippen molar-refractivity contribution in [1.29, 1.82) is 0 Å². The van der Waals surface area contributed by atoms with Gasteiger partial charge in [0, 0.05) is 30.0 Å². The first-order valence-corrected chi connectivity index (χ1v) is 8.46. The maximum atomic E-state index is 4.80. The second-order valence-electron chi connectivity index (χ2n) is 5.31. The van der Waals surface area contributed by atoms with Crippen molar-refractivity contribution in [3.63, 3.8) is 0 Å². The van der Waals surface area contributed by atoms with E-state index in [1.54, 1.807) is 11.3 Å². The lowest BCUT2D eigenvalue weighted by atomic mass is 9.95. The van der Waals surface area contributed by atoms with Gasteiger partial charge in [-0.15, -0.1) is 11.3 Å². The molecule has 1 unspecified atom stereocenters. The fraction of sp³-hybridized carbons (Fsp3) is 0.615. The number of halogens is 1. The number of hydrogen-bond acceptors (Lipinski definition) is 3. The van der Waals surface area contributed by atoms with Gasteiger partial charge in [0.15, 0.2) is 10.8 Å². The molecule has 3 rings (SSSR count). The highest BCUT2D eigenvalue weighted by Crippen LogP contribution is 2.32. The smallest absolute Gasteiger partial charge is 0.195 e. The van der Waals surface area contributed by atoms with Crippen LogP contribution in [0, 0.1) is 11.8 Å². The zero-order valence-corrected chi connectivity index (χ0v) is 13.2. The number of alkyl halides is 1. The molecule has 0 bridgehead atoms. The lowest BCUT2D eigenvalue weighted by Gasteiger charge is -2.18. The van der Waals surface area contributed by atoms with Crippen LogP contribution >= 0.6 is 27.3 Å². The van der Waals surface area contributed by atoms with Gasteiger partial charge in [-0.1, -0.05) is 29.8 Å². The molecule has 0 N–H and O–H groups in total. The highest BCUT2D eigenvalue weighted by Gasteiger charge is 2.28. The molecule has 1 fully saturated rings. The molecule has 18 heavy (non-hydrogen) atoms. The van der Waals surface area contributed by atoms with Crippen LogP contribution in [0.3, 0.4) is 0 Å². The summed E-state index contributed by atoms with van der Waals surface area (Å²) in [5.41, 5.74) is 1.29. The maximum Gasteiger partial charge on any atom is 0.195 e. The zero-order valence-electron chi connectivity index (χ0n) is 10.8. The minimum Gasteiger partial charge on any atom is -0.355 e. The SMILES string of the molecule is CC(C)C1CCN(c2nc3sccn3c2CBr)C1. The second kappa shape index (κ2) is 4.85. The predicted octanol–water partition coefficient (Wildman–Crippen LogP) is 3.77. The van der Waals surface area contributed by atoms with Crippen molar-refractivity contribution < 1.29 is 0 Å². The van der Waals surface area contributed by atoms with E-state index in [0.717, 1.165) is 35.2 Å². The van der Waals surface area contributed by atoms with Gasteiger partial charge in [-0.05, 0) is 18.3 Å². The van der Waals surface area contributed by atoms with Gasteiger partial charge in [0.1, 0.15) is 0 Å². The van der Waals surface area contributed by atoms with Crippen molar-refractivity contribution in [3.8, 4) is 0 Å². The third kappa shape index (κ3) is 1.97. The molecule has 0 amide bonds. The normalized spacial score (nSPS) is 20.4. The van der Waals surface area contributed by atoms with Crippen LogP contribution in [0.2, 0.25) is 0 Å². The minimum absolute atomic E-state index is 0.770. The number of aromatic nitrogens is 2. The van der Waals surface area contributed by atoms with E-state index >= 15 is 0 Å². The Morgan fingerprint density at radius 1 is 1.56 bits per heavy atom. The Kier molecular flexibility index (Phi) is 3.36. The first-order chi connectivity index (χ1) is 8.70. The summed E-state index contributed by atoms with van der Waals surface area (Å²) in [5.74, 6) is 2.76. The quantitative estimate of drug-likeness (QED) is 0.800. The van der Waals surface area contributed by atoms with E-state index in [-0.39, 0.29) is 0 Å². The first-order valence-electron chi connectivity index (χ1n) is 6.46. The van der Waals surface area contributed by atoms with Crippen molar-refractivity contribution in [2.24, 2.45) is 11.8 Å². The highest BCUT2D eigenvalue weighted by molar-refractivity contribution is 9.08. The van der Waals surface area contributed by atoms with Gasteiger partial charge in [-0.25, -0.2) is 4.98 Å². The third-order valence-corrected chi connectivity index (χ3v) is 5.22. The molecule has 5 heteroatoms. The topological polar surface area (TPSA) is 20.5 Å². The number of thiazole rings is 1. The lowest BCUT2D eigenvalue weighted by molar-refractivity contribution is 0.422. The van der Waals surface area contributed by atoms with Crippen molar-refractivity contribution >= 4 is 38.0 Å². The fourth-order valence-corrected chi connectivity index (χ4v) is 3.97. The summed E-state index contributed by atoms with van der Waals surface area (Å²) in [6.45, 7) is 6.95. The molecule has 0 spiro atoms. The van der Waals surface area contributed by atoms with Crippen molar-refractivity contribution in [3.05, 3.63) is 17.3 Å². The van der Waals surface area contributed by atoms with Crippen molar-refractivity contribution in [2.45, 2.75) is 25.6 Å². The van der Waals surface area contributed by atoms with Crippen molar-refractivity contribution in [1.82, 2.24) is 9.38 Å². The molecular weight excluding hydrogens is 310 g/mol. The van der Waals surface area contributed by atoms with E-state index in [4.69, 9.17) is 4.98 Å². The Balaban J connectivity index is 1.92. The summed E-state index contributed by atoms with van der Waals surface area (Å²) in [6, 6.07) is 0. The molecule has 1 aliphatic rings. The molecule has 0 aromatic carbocycles. The summed E-state index contributed by atoms with van der Waals surface area (Å²) in [4.78, 5) is 8.36. The van der Waals surface area contributed by atoms with E-state index in [1.165, 1.54) is 17.9 Å². The third-order valence-electron chi connectivity index (χ3n) is 3.93. The van der Waals surface area contributed by atoms with E-state index in [2.05, 4.69) is 50.7 Å². The molecule has 3 nitrogen and oxygen atoms in total. The molecule has 0 aliphatic carbocycles. The van der Waals surface area contributed by atoms with Crippen LogP contribution in [0.4, 0.5) is 5.82 Å². The van der Waals surface area contributed by atoms with E-state index < -0.39 is 0 Å². The van der Waals surface area contributed by atoms with E-state index in [1.807, 2.05) is 0 Å². The number of fused-ring (bicyclic) bond motifs is 1.